The van der Waals surface area contributed by atoms with Gasteiger partial charge in [-0.05, 0) is 19.8 Å². The Morgan fingerprint density at radius 1 is 1.53 bits per heavy atom. The summed E-state index contributed by atoms with van der Waals surface area (Å²) in [5, 5.41) is 7.07. The molecule has 0 aromatic rings. The molecule has 1 rings (SSSR count). The summed E-state index contributed by atoms with van der Waals surface area (Å²) in [4.78, 5) is 0. The summed E-state index contributed by atoms with van der Waals surface area (Å²) in [6, 6.07) is -0.326. The van der Waals surface area contributed by atoms with E-state index in [1.165, 1.54) is 4.31 Å². The van der Waals surface area contributed by atoms with Gasteiger partial charge in [0.25, 0.3) is 10.2 Å². The molecule has 0 bridgehead atoms. The monoisotopic (exact) mass is 234 g/mol. The van der Waals surface area contributed by atoms with E-state index in [-0.39, 0.29) is 18.3 Å². The average molecular weight is 234 g/mol. The first-order valence-corrected chi connectivity index (χ1v) is 6.46. The molecule has 1 fully saturated rings. The number of nitrogens with zero attached hydrogens (tertiary/aromatic N) is 1. The molecule has 7 heteroatoms. The van der Waals surface area contributed by atoms with Gasteiger partial charge in [0, 0.05) is 25.6 Å². The van der Waals surface area contributed by atoms with Crippen LogP contribution in [0.4, 0.5) is 0 Å². The lowest BCUT2D eigenvalue weighted by Crippen LogP contribution is -2.44. The zero-order chi connectivity index (χ0) is 11.5. The van der Waals surface area contributed by atoms with E-state index < -0.39 is 10.2 Å². The quantitative estimate of drug-likeness (QED) is 0.447. The van der Waals surface area contributed by atoms with Crippen LogP contribution in [0.25, 0.3) is 0 Å². The van der Waals surface area contributed by atoms with Crippen LogP contribution in [-0.4, -0.2) is 37.7 Å². The Balaban J connectivity index is 2.51. The number of rotatable bonds is 5. The second-order valence-corrected chi connectivity index (χ2v) is 5.56. The Morgan fingerprint density at radius 2 is 2.07 bits per heavy atom. The summed E-state index contributed by atoms with van der Waals surface area (Å²) in [7, 11) is -3.37. The minimum absolute atomic E-state index is 0.00776. The SMILES string of the molecule is CC(CC(=N)N)NS(=O)(=O)N1CCCC1. The van der Waals surface area contributed by atoms with Crippen LogP contribution in [0.15, 0.2) is 0 Å². The molecule has 0 aromatic carbocycles. The van der Waals surface area contributed by atoms with Gasteiger partial charge in [0.15, 0.2) is 0 Å². The van der Waals surface area contributed by atoms with Gasteiger partial charge in [-0.3, -0.25) is 5.41 Å². The highest BCUT2D eigenvalue weighted by Crippen LogP contribution is 2.11. The van der Waals surface area contributed by atoms with Gasteiger partial charge in [0.2, 0.25) is 0 Å². The van der Waals surface area contributed by atoms with E-state index in [1.807, 2.05) is 0 Å². The van der Waals surface area contributed by atoms with E-state index in [0.29, 0.717) is 13.1 Å². The summed E-state index contributed by atoms with van der Waals surface area (Å²) in [6.07, 6.45) is 2.08. The minimum atomic E-state index is -3.37. The van der Waals surface area contributed by atoms with Crippen molar-refractivity contribution in [2.75, 3.05) is 13.1 Å². The first-order chi connectivity index (χ1) is 6.92. The second kappa shape index (κ2) is 4.91. The van der Waals surface area contributed by atoms with Crippen LogP contribution in [0.2, 0.25) is 0 Å². The van der Waals surface area contributed by atoms with E-state index in [9.17, 15) is 8.42 Å². The van der Waals surface area contributed by atoms with Crippen molar-refractivity contribution in [3.8, 4) is 0 Å². The summed E-state index contributed by atoms with van der Waals surface area (Å²) in [5.41, 5.74) is 5.20. The van der Waals surface area contributed by atoms with Gasteiger partial charge < -0.3 is 5.73 Å². The van der Waals surface area contributed by atoms with Crippen molar-refractivity contribution in [1.82, 2.24) is 9.03 Å². The minimum Gasteiger partial charge on any atom is -0.388 e. The summed E-state index contributed by atoms with van der Waals surface area (Å²) >= 11 is 0. The Kier molecular flexibility index (Phi) is 4.06. The molecule has 1 aliphatic rings. The van der Waals surface area contributed by atoms with Crippen LogP contribution in [0.5, 0.6) is 0 Å². The highest BCUT2D eigenvalue weighted by molar-refractivity contribution is 7.87. The molecule has 0 amide bonds. The van der Waals surface area contributed by atoms with E-state index in [0.717, 1.165) is 12.8 Å². The average Bonchev–Trinajstić information content (AvgIpc) is 2.51. The third kappa shape index (κ3) is 3.77. The molecule has 4 N–H and O–H groups in total. The highest BCUT2D eigenvalue weighted by atomic mass is 32.2. The van der Waals surface area contributed by atoms with Crippen LogP contribution in [0, 0.1) is 5.41 Å². The van der Waals surface area contributed by atoms with Gasteiger partial charge in [0.05, 0.1) is 5.84 Å². The Morgan fingerprint density at radius 3 is 2.53 bits per heavy atom. The van der Waals surface area contributed by atoms with Gasteiger partial charge in [-0.2, -0.15) is 17.4 Å². The van der Waals surface area contributed by atoms with Crippen molar-refractivity contribution in [3.05, 3.63) is 0 Å². The van der Waals surface area contributed by atoms with Crippen LogP contribution in [0.1, 0.15) is 26.2 Å². The second-order valence-electron chi connectivity index (χ2n) is 3.86. The van der Waals surface area contributed by atoms with Crippen LogP contribution in [-0.2, 0) is 10.2 Å². The lowest BCUT2D eigenvalue weighted by atomic mass is 10.2. The molecule has 0 spiro atoms. The molecule has 15 heavy (non-hydrogen) atoms. The zero-order valence-corrected chi connectivity index (χ0v) is 9.68. The predicted octanol–water partition coefficient (Wildman–Crippen LogP) is -0.369. The molecule has 1 saturated heterocycles. The number of hydrogen-bond donors (Lipinski definition) is 3. The first-order valence-electron chi connectivity index (χ1n) is 5.02. The Hall–Kier alpha value is -0.660. The summed E-state index contributed by atoms with van der Waals surface area (Å²) < 4.78 is 27.4. The number of hydrogen-bond acceptors (Lipinski definition) is 3. The fourth-order valence-corrected chi connectivity index (χ4v) is 3.11. The van der Waals surface area contributed by atoms with Gasteiger partial charge in [-0.1, -0.05) is 0 Å². The standard InChI is InChI=1S/C8H18N4O2S/c1-7(6-8(9)10)11-15(13,14)12-4-2-3-5-12/h7,11H,2-6H2,1H3,(H3,9,10). The van der Waals surface area contributed by atoms with Crippen molar-refractivity contribution in [1.29, 1.82) is 5.41 Å². The molecule has 0 saturated carbocycles. The van der Waals surface area contributed by atoms with Crippen molar-refractivity contribution < 1.29 is 8.42 Å². The van der Waals surface area contributed by atoms with E-state index in [1.54, 1.807) is 6.92 Å². The Labute approximate surface area is 90.5 Å². The summed E-state index contributed by atoms with van der Waals surface area (Å²) in [5.74, 6) is -0.00776. The van der Waals surface area contributed by atoms with Crippen molar-refractivity contribution in [3.63, 3.8) is 0 Å². The highest BCUT2D eigenvalue weighted by Gasteiger charge is 2.26. The van der Waals surface area contributed by atoms with Crippen molar-refractivity contribution in [2.24, 2.45) is 5.73 Å². The molecule has 6 nitrogen and oxygen atoms in total. The molecule has 0 aliphatic carbocycles. The molecule has 1 aliphatic heterocycles. The fourth-order valence-electron chi connectivity index (χ4n) is 1.63. The van der Waals surface area contributed by atoms with Crippen LogP contribution in [0.3, 0.4) is 0 Å². The molecule has 1 atom stereocenters. The molecular formula is C8H18N4O2S. The fraction of sp³-hybridized carbons (Fsp3) is 0.875. The number of amidine groups is 1. The molecule has 88 valence electrons. The van der Waals surface area contributed by atoms with Gasteiger partial charge in [-0.15, -0.1) is 0 Å². The van der Waals surface area contributed by atoms with Gasteiger partial charge in [0.1, 0.15) is 0 Å². The van der Waals surface area contributed by atoms with Crippen molar-refractivity contribution in [2.45, 2.75) is 32.2 Å². The Bertz CT molecular complexity index is 322. The topological polar surface area (TPSA) is 99.3 Å². The largest absolute Gasteiger partial charge is 0.388 e. The lowest BCUT2D eigenvalue weighted by molar-refractivity contribution is 0.456. The first kappa shape index (κ1) is 12.4. The van der Waals surface area contributed by atoms with Gasteiger partial charge >= 0.3 is 0 Å². The molecule has 1 unspecified atom stereocenters. The molecule has 1 heterocycles. The van der Waals surface area contributed by atoms with Crippen LogP contribution < -0.4 is 10.5 Å². The van der Waals surface area contributed by atoms with Crippen molar-refractivity contribution >= 4 is 16.0 Å². The summed E-state index contributed by atoms with van der Waals surface area (Å²) in [6.45, 7) is 2.87. The third-order valence-electron chi connectivity index (χ3n) is 2.28. The normalized spacial score (nSPS) is 20.3. The van der Waals surface area contributed by atoms with E-state index in [2.05, 4.69) is 4.72 Å². The predicted molar refractivity (Wildman–Crippen MR) is 58.9 cm³/mol. The van der Waals surface area contributed by atoms with E-state index >= 15 is 0 Å². The lowest BCUT2D eigenvalue weighted by Gasteiger charge is -2.19. The maximum absolute atomic E-state index is 11.7. The third-order valence-corrected chi connectivity index (χ3v) is 4.03. The van der Waals surface area contributed by atoms with Gasteiger partial charge in [-0.25, -0.2) is 0 Å². The molecular weight excluding hydrogens is 216 g/mol. The maximum atomic E-state index is 11.7. The molecule has 0 radical (unpaired) electrons. The maximum Gasteiger partial charge on any atom is 0.279 e. The zero-order valence-electron chi connectivity index (χ0n) is 8.86. The number of nitrogens with two attached hydrogens (primary N) is 1. The smallest absolute Gasteiger partial charge is 0.279 e. The van der Waals surface area contributed by atoms with Crippen LogP contribution >= 0.6 is 0 Å². The van der Waals surface area contributed by atoms with E-state index in [4.69, 9.17) is 11.1 Å². The number of nitrogens with one attached hydrogen (secondary N) is 2. The molecule has 0 aromatic heterocycles.